The van der Waals surface area contributed by atoms with E-state index >= 15 is 0 Å². The van der Waals surface area contributed by atoms with Gasteiger partial charge in [0.25, 0.3) is 0 Å². The molecule has 0 aromatic carbocycles. The van der Waals surface area contributed by atoms with Gasteiger partial charge in [-0.05, 0) is 13.1 Å². The van der Waals surface area contributed by atoms with Crippen LogP contribution in [0, 0.1) is 0 Å². The van der Waals surface area contributed by atoms with E-state index in [9.17, 15) is 4.79 Å². The van der Waals surface area contributed by atoms with Gasteiger partial charge in [-0.3, -0.25) is 4.79 Å². The number of hydrogen-bond donors (Lipinski definition) is 1. The number of carbonyl (C=O) groups is 1. The molecule has 1 rings (SSSR count). The van der Waals surface area contributed by atoms with E-state index in [-0.39, 0.29) is 5.78 Å². The Bertz CT molecular complexity index is 285. The zero-order valence-corrected chi connectivity index (χ0v) is 7.16. The highest BCUT2D eigenvalue weighted by Gasteiger charge is 2.01. The molecule has 4 heteroatoms. The third-order valence-corrected chi connectivity index (χ3v) is 1.40. The highest BCUT2D eigenvalue weighted by Crippen LogP contribution is 1.95. The smallest absolute Gasteiger partial charge is 0.178 e. The van der Waals surface area contributed by atoms with Crippen molar-refractivity contribution in [2.75, 3.05) is 7.05 Å². The molecule has 0 saturated heterocycles. The van der Waals surface area contributed by atoms with Gasteiger partial charge >= 0.3 is 0 Å². The second kappa shape index (κ2) is 3.92. The van der Waals surface area contributed by atoms with Crippen LogP contribution in [0.15, 0.2) is 12.3 Å². The predicted octanol–water partition coefficient (Wildman–Crippen LogP) is 0.399. The first-order valence-corrected chi connectivity index (χ1v) is 3.71. The van der Waals surface area contributed by atoms with Gasteiger partial charge in [-0.25, -0.2) is 9.97 Å². The normalized spacial score (nSPS) is 9.83. The first-order valence-electron chi connectivity index (χ1n) is 3.71. The van der Waals surface area contributed by atoms with Gasteiger partial charge in [0.15, 0.2) is 5.78 Å². The van der Waals surface area contributed by atoms with Gasteiger partial charge in [0.05, 0.1) is 6.54 Å². The van der Waals surface area contributed by atoms with Gasteiger partial charge in [-0.15, -0.1) is 0 Å². The molecular formula is C8H11N3O. The van der Waals surface area contributed by atoms with Crippen LogP contribution in [0.4, 0.5) is 0 Å². The molecule has 0 spiro atoms. The minimum absolute atomic E-state index is 0.0326. The Morgan fingerprint density at radius 1 is 1.67 bits per heavy atom. The summed E-state index contributed by atoms with van der Waals surface area (Å²) in [4.78, 5) is 18.9. The molecule has 0 amide bonds. The fourth-order valence-electron chi connectivity index (χ4n) is 0.838. The Morgan fingerprint density at radius 2 is 2.42 bits per heavy atom. The van der Waals surface area contributed by atoms with Crippen LogP contribution in [0.2, 0.25) is 0 Å². The minimum Gasteiger partial charge on any atom is -0.313 e. The van der Waals surface area contributed by atoms with E-state index in [1.807, 2.05) is 7.05 Å². The molecule has 0 atom stereocenters. The lowest BCUT2D eigenvalue weighted by atomic mass is 10.3. The van der Waals surface area contributed by atoms with Crippen LogP contribution in [-0.2, 0) is 6.54 Å². The lowest BCUT2D eigenvalue weighted by Gasteiger charge is -1.99. The van der Waals surface area contributed by atoms with Crippen LogP contribution in [0.3, 0.4) is 0 Å². The van der Waals surface area contributed by atoms with E-state index in [2.05, 4.69) is 15.3 Å². The van der Waals surface area contributed by atoms with E-state index in [4.69, 9.17) is 0 Å². The summed E-state index contributed by atoms with van der Waals surface area (Å²) in [5.74, 6) is 0.611. The molecule has 64 valence electrons. The summed E-state index contributed by atoms with van der Waals surface area (Å²) < 4.78 is 0. The summed E-state index contributed by atoms with van der Waals surface area (Å²) in [5.41, 5.74) is 0.468. The Morgan fingerprint density at radius 3 is 3.00 bits per heavy atom. The van der Waals surface area contributed by atoms with Crippen molar-refractivity contribution in [3.63, 3.8) is 0 Å². The van der Waals surface area contributed by atoms with Crippen LogP contribution in [-0.4, -0.2) is 22.8 Å². The Kier molecular flexibility index (Phi) is 2.88. The molecule has 0 unspecified atom stereocenters. The van der Waals surface area contributed by atoms with Crippen LogP contribution in [0.5, 0.6) is 0 Å². The summed E-state index contributed by atoms with van der Waals surface area (Å²) in [5, 5.41) is 2.91. The zero-order chi connectivity index (χ0) is 8.97. The monoisotopic (exact) mass is 165 g/mol. The van der Waals surface area contributed by atoms with Crippen molar-refractivity contribution < 1.29 is 4.79 Å². The molecule has 12 heavy (non-hydrogen) atoms. The maximum atomic E-state index is 10.9. The van der Waals surface area contributed by atoms with E-state index in [0.29, 0.717) is 18.1 Å². The first kappa shape index (κ1) is 8.80. The summed E-state index contributed by atoms with van der Waals surface area (Å²) in [6, 6.07) is 1.61. The lowest BCUT2D eigenvalue weighted by molar-refractivity contribution is 0.101. The summed E-state index contributed by atoms with van der Waals surface area (Å²) in [7, 11) is 1.81. The summed E-state index contributed by atoms with van der Waals surface area (Å²) >= 11 is 0. The van der Waals surface area contributed by atoms with Crippen molar-refractivity contribution in [2.24, 2.45) is 0 Å². The third-order valence-electron chi connectivity index (χ3n) is 1.40. The molecule has 0 fully saturated rings. The van der Waals surface area contributed by atoms with Gasteiger partial charge < -0.3 is 5.32 Å². The zero-order valence-electron chi connectivity index (χ0n) is 7.16. The molecule has 1 heterocycles. The van der Waals surface area contributed by atoms with E-state index in [1.54, 1.807) is 12.3 Å². The molecule has 0 aliphatic heterocycles. The molecule has 4 nitrogen and oxygen atoms in total. The minimum atomic E-state index is -0.0326. The van der Waals surface area contributed by atoms with Crippen molar-refractivity contribution in [1.29, 1.82) is 0 Å². The standard InChI is InChI=1S/C8H11N3O/c1-6(12)7-3-4-10-8(11-7)5-9-2/h3-4,9H,5H2,1-2H3. The maximum absolute atomic E-state index is 10.9. The molecule has 0 saturated carbocycles. The number of ketones is 1. The molecule has 1 aromatic rings. The molecule has 1 N–H and O–H groups in total. The van der Waals surface area contributed by atoms with Crippen LogP contribution in [0.25, 0.3) is 0 Å². The molecule has 1 aromatic heterocycles. The fraction of sp³-hybridized carbons (Fsp3) is 0.375. The second-order valence-corrected chi connectivity index (χ2v) is 2.44. The van der Waals surface area contributed by atoms with Crippen LogP contribution in [0.1, 0.15) is 23.2 Å². The number of aromatic nitrogens is 2. The van der Waals surface area contributed by atoms with Gasteiger partial charge in [-0.2, -0.15) is 0 Å². The summed E-state index contributed by atoms with van der Waals surface area (Å²) in [6.45, 7) is 2.08. The Balaban J connectivity index is 2.88. The number of rotatable bonds is 3. The quantitative estimate of drug-likeness (QED) is 0.658. The molecule has 0 aliphatic rings. The Hall–Kier alpha value is -1.29. The van der Waals surface area contributed by atoms with Gasteiger partial charge in [0.1, 0.15) is 11.5 Å². The molecule has 0 radical (unpaired) electrons. The van der Waals surface area contributed by atoms with Crippen molar-refractivity contribution in [1.82, 2.24) is 15.3 Å². The highest BCUT2D eigenvalue weighted by atomic mass is 16.1. The van der Waals surface area contributed by atoms with E-state index in [1.165, 1.54) is 6.92 Å². The maximum Gasteiger partial charge on any atom is 0.178 e. The van der Waals surface area contributed by atoms with Crippen molar-refractivity contribution >= 4 is 5.78 Å². The van der Waals surface area contributed by atoms with Crippen molar-refractivity contribution in [3.8, 4) is 0 Å². The van der Waals surface area contributed by atoms with Gasteiger partial charge in [0, 0.05) is 13.1 Å². The number of nitrogens with one attached hydrogen (secondary N) is 1. The van der Waals surface area contributed by atoms with Gasteiger partial charge in [-0.1, -0.05) is 0 Å². The van der Waals surface area contributed by atoms with Crippen molar-refractivity contribution in [3.05, 3.63) is 23.8 Å². The lowest BCUT2D eigenvalue weighted by Crippen LogP contribution is -2.10. The highest BCUT2D eigenvalue weighted by molar-refractivity contribution is 5.91. The van der Waals surface area contributed by atoms with Crippen molar-refractivity contribution in [2.45, 2.75) is 13.5 Å². The third kappa shape index (κ3) is 2.10. The number of Topliss-reactive ketones (excluding diaryl/α,β-unsaturated/α-hetero) is 1. The van der Waals surface area contributed by atoms with E-state index < -0.39 is 0 Å². The average molecular weight is 165 g/mol. The fourth-order valence-corrected chi connectivity index (χ4v) is 0.838. The number of carbonyl (C=O) groups excluding carboxylic acids is 1. The SMILES string of the molecule is CNCc1nccc(C(C)=O)n1. The second-order valence-electron chi connectivity index (χ2n) is 2.44. The number of nitrogens with zero attached hydrogens (tertiary/aromatic N) is 2. The number of hydrogen-bond acceptors (Lipinski definition) is 4. The average Bonchev–Trinajstić information content (AvgIpc) is 2.05. The molecular weight excluding hydrogens is 154 g/mol. The molecule has 0 aliphatic carbocycles. The van der Waals surface area contributed by atoms with Gasteiger partial charge in [0.2, 0.25) is 0 Å². The Labute approximate surface area is 71.0 Å². The predicted molar refractivity (Wildman–Crippen MR) is 44.8 cm³/mol. The van der Waals surface area contributed by atoms with Crippen LogP contribution >= 0.6 is 0 Å². The first-order chi connectivity index (χ1) is 5.74. The molecule has 0 bridgehead atoms. The largest absolute Gasteiger partial charge is 0.313 e. The van der Waals surface area contributed by atoms with Crippen LogP contribution < -0.4 is 5.32 Å². The summed E-state index contributed by atoms with van der Waals surface area (Å²) in [6.07, 6.45) is 1.59. The topological polar surface area (TPSA) is 54.9 Å². The van der Waals surface area contributed by atoms with E-state index in [0.717, 1.165) is 0 Å².